The van der Waals surface area contributed by atoms with E-state index in [0.717, 1.165) is 16.9 Å². The molecule has 2 fully saturated rings. The van der Waals surface area contributed by atoms with E-state index >= 15 is 0 Å². The van der Waals surface area contributed by atoms with Crippen LogP contribution in [-0.4, -0.2) is 72.0 Å². The molecule has 0 aliphatic carbocycles. The number of ether oxygens (including phenoxy) is 3. The Bertz CT molecular complexity index is 829. The summed E-state index contributed by atoms with van der Waals surface area (Å²) in [5.41, 5.74) is 0.970. The van der Waals surface area contributed by atoms with Gasteiger partial charge in [0.05, 0.1) is 36.4 Å². The van der Waals surface area contributed by atoms with Crippen LogP contribution in [0.4, 0.5) is 4.79 Å². The van der Waals surface area contributed by atoms with E-state index in [1.54, 1.807) is 14.0 Å². The Hall–Kier alpha value is -2.29. The van der Waals surface area contributed by atoms with Crippen molar-refractivity contribution in [3.8, 4) is 0 Å². The van der Waals surface area contributed by atoms with Crippen molar-refractivity contribution in [2.45, 2.75) is 76.9 Å². The molecule has 2 saturated heterocycles. The van der Waals surface area contributed by atoms with Crippen LogP contribution in [0.2, 0.25) is 0 Å². The van der Waals surface area contributed by atoms with E-state index in [4.69, 9.17) is 14.2 Å². The quantitative estimate of drug-likeness (QED) is 0.564. The molecular weight excluding hydrogens is 426 g/mol. The van der Waals surface area contributed by atoms with E-state index in [-0.39, 0.29) is 31.3 Å². The Labute approximate surface area is 195 Å². The summed E-state index contributed by atoms with van der Waals surface area (Å²) in [5, 5.41) is 10.7. The molecule has 0 bridgehead atoms. The number of hydrogen-bond acceptors (Lipinski definition) is 7. The van der Waals surface area contributed by atoms with Gasteiger partial charge in [0.25, 0.3) is 0 Å². The Morgan fingerprint density at radius 2 is 1.91 bits per heavy atom. The first-order valence-electron chi connectivity index (χ1n) is 11.6. The van der Waals surface area contributed by atoms with Crippen molar-refractivity contribution in [1.29, 1.82) is 0 Å². The first kappa shape index (κ1) is 25.3. The number of aliphatic hydroxyl groups excluding tert-OH is 1. The molecule has 33 heavy (non-hydrogen) atoms. The standard InChI is InChI=1S/C25H35NO7/c1-15-10-20(31-4)12-21(33-15)13-22(27)16(2)23(28)17(3)24(29)26-19(14-32-25(26)30)11-18-8-6-5-7-9-18/h5-9,15-17,19-22,27H,10-14H2,1-4H3/t15-,16-,17-,19-,20+,21+,22+/m0/s1. The molecule has 0 unspecified atom stereocenters. The average Bonchev–Trinajstić information content (AvgIpc) is 3.16. The fourth-order valence-corrected chi connectivity index (χ4v) is 4.70. The highest BCUT2D eigenvalue weighted by atomic mass is 16.6. The van der Waals surface area contributed by atoms with Crippen LogP contribution in [0, 0.1) is 11.8 Å². The molecule has 2 aliphatic rings. The van der Waals surface area contributed by atoms with Crippen molar-refractivity contribution in [3.63, 3.8) is 0 Å². The minimum absolute atomic E-state index is 0.00939. The normalized spacial score (nSPS) is 28.2. The van der Waals surface area contributed by atoms with Crippen molar-refractivity contribution in [2.24, 2.45) is 11.8 Å². The molecule has 182 valence electrons. The first-order chi connectivity index (χ1) is 15.7. The molecule has 2 heterocycles. The summed E-state index contributed by atoms with van der Waals surface area (Å²) < 4.78 is 16.5. The number of benzene rings is 1. The highest BCUT2D eigenvalue weighted by Gasteiger charge is 2.43. The van der Waals surface area contributed by atoms with Crippen LogP contribution >= 0.6 is 0 Å². The zero-order chi connectivity index (χ0) is 24.1. The lowest BCUT2D eigenvalue weighted by Crippen LogP contribution is -2.47. The molecule has 1 N–H and O–H groups in total. The van der Waals surface area contributed by atoms with E-state index in [2.05, 4.69) is 0 Å². The maximum absolute atomic E-state index is 13.1. The molecule has 2 amide bonds. The Balaban J connectivity index is 1.61. The molecule has 8 heteroatoms. The fraction of sp³-hybridized carbons (Fsp3) is 0.640. The van der Waals surface area contributed by atoms with Crippen LogP contribution in [0.15, 0.2) is 30.3 Å². The Morgan fingerprint density at radius 3 is 2.58 bits per heavy atom. The third-order valence-corrected chi connectivity index (χ3v) is 6.72. The van der Waals surface area contributed by atoms with Gasteiger partial charge in [-0.05, 0) is 38.7 Å². The molecule has 8 nitrogen and oxygen atoms in total. The minimum atomic E-state index is -1.07. The second-order valence-electron chi connectivity index (χ2n) is 9.24. The Morgan fingerprint density at radius 1 is 1.21 bits per heavy atom. The van der Waals surface area contributed by atoms with Crippen LogP contribution in [-0.2, 0) is 30.2 Å². The monoisotopic (exact) mass is 461 g/mol. The van der Waals surface area contributed by atoms with Crippen LogP contribution < -0.4 is 0 Å². The summed E-state index contributed by atoms with van der Waals surface area (Å²) >= 11 is 0. The van der Waals surface area contributed by atoms with Crippen molar-refractivity contribution in [2.75, 3.05) is 13.7 Å². The van der Waals surface area contributed by atoms with E-state index in [1.807, 2.05) is 37.3 Å². The van der Waals surface area contributed by atoms with E-state index in [1.165, 1.54) is 6.92 Å². The molecule has 1 aromatic rings. The number of amides is 2. The lowest BCUT2D eigenvalue weighted by molar-refractivity contribution is -0.143. The van der Waals surface area contributed by atoms with Crippen LogP contribution in [0.3, 0.4) is 0 Å². The molecule has 3 rings (SSSR count). The summed E-state index contributed by atoms with van der Waals surface area (Å²) in [4.78, 5) is 39.5. The second-order valence-corrected chi connectivity index (χ2v) is 9.24. The summed E-state index contributed by atoms with van der Waals surface area (Å²) in [7, 11) is 1.66. The Kier molecular flexibility index (Phi) is 8.62. The van der Waals surface area contributed by atoms with E-state index in [9.17, 15) is 19.5 Å². The largest absolute Gasteiger partial charge is 0.447 e. The third-order valence-electron chi connectivity index (χ3n) is 6.72. The van der Waals surface area contributed by atoms with Crippen molar-refractivity contribution >= 4 is 17.8 Å². The molecule has 2 aliphatic heterocycles. The van der Waals surface area contributed by atoms with Gasteiger partial charge < -0.3 is 19.3 Å². The van der Waals surface area contributed by atoms with E-state index < -0.39 is 41.8 Å². The predicted molar refractivity (Wildman–Crippen MR) is 120 cm³/mol. The van der Waals surface area contributed by atoms with Gasteiger partial charge in [-0.3, -0.25) is 9.59 Å². The number of nitrogens with zero attached hydrogens (tertiary/aromatic N) is 1. The van der Waals surface area contributed by atoms with Gasteiger partial charge in [-0.2, -0.15) is 0 Å². The number of hydrogen-bond donors (Lipinski definition) is 1. The smallest absolute Gasteiger partial charge is 0.417 e. The van der Waals surface area contributed by atoms with Gasteiger partial charge in [0.1, 0.15) is 12.4 Å². The molecule has 0 radical (unpaired) electrons. The molecule has 1 aromatic carbocycles. The zero-order valence-corrected chi connectivity index (χ0v) is 19.8. The number of methoxy groups -OCH3 is 1. The maximum Gasteiger partial charge on any atom is 0.417 e. The number of aliphatic hydroxyl groups is 1. The number of imide groups is 1. The molecule has 0 saturated carbocycles. The number of carbonyl (C=O) groups is 3. The van der Waals surface area contributed by atoms with Gasteiger partial charge in [0, 0.05) is 19.4 Å². The van der Waals surface area contributed by atoms with Crippen LogP contribution in [0.5, 0.6) is 0 Å². The third kappa shape index (κ3) is 6.19. The second kappa shape index (κ2) is 11.2. The topological polar surface area (TPSA) is 102 Å². The van der Waals surface area contributed by atoms with Crippen LogP contribution in [0.1, 0.15) is 45.6 Å². The molecule has 7 atom stereocenters. The van der Waals surface area contributed by atoms with Gasteiger partial charge in [0.2, 0.25) is 5.91 Å². The summed E-state index contributed by atoms with van der Waals surface area (Å²) in [6, 6.07) is 9.04. The lowest BCUT2D eigenvalue weighted by Gasteiger charge is -2.35. The number of cyclic esters (lactones) is 1. The zero-order valence-electron chi connectivity index (χ0n) is 19.8. The summed E-state index contributed by atoms with van der Waals surface area (Å²) in [6.45, 7) is 5.15. The maximum atomic E-state index is 13.1. The minimum Gasteiger partial charge on any atom is -0.447 e. The highest BCUT2D eigenvalue weighted by molar-refractivity contribution is 6.07. The number of ketones is 1. The first-order valence-corrected chi connectivity index (χ1v) is 11.6. The van der Waals surface area contributed by atoms with Crippen molar-refractivity contribution in [3.05, 3.63) is 35.9 Å². The van der Waals surface area contributed by atoms with Gasteiger partial charge in [-0.1, -0.05) is 37.3 Å². The van der Waals surface area contributed by atoms with Crippen molar-refractivity contribution < 1.29 is 33.7 Å². The van der Waals surface area contributed by atoms with Crippen molar-refractivity contribution in [1.82, 2.24) is 4.90 Å². The molecule has 0 aromatic heterocycles. The summed E-state index contributed by atoms with van der Waals surface area (Å²) in [5.74, 6) is -2.85. The average molecular weight is 462 g/mol. The lowest BCUT2D eigenvalue weighted by atomic mass is 9.86. The summed E-state index contributed by atoms with van der Waals surface area (Å²) in [6.07, 6.45) is 0.312. The number of carbonyl (C=O) groups excluding carboxylic acids is 3. The van der Waals surface area contributed by atoms with E-state index in [0.29, 0.717) is 12.8 Å². The molecule has 0 spiro atoms. The number of rotatable bonds is 9. The van der Waals surface area contributed by atoms with Gasteiger partial charge in [0.15, 0.2) is 0 Å². The molecular formula is C25H35NO7. The SMILES string of the molecule is CO[C@H]1C[C@H](C[C@@H](O)[C@H](C)C(=O)[C@H](C)C(=O)N2C(=O)OC[C@@H]2Cc2ccccc2)O[C@@H](C)C1. The van der Waals surface area contributed by atoms with Gasteiger partial charge in [-0.15, -0.1) is 0 Å². The van der Waals surface area contributed by atoms with Gasteiger partial charge in [-0.25, -0.2) is 9.69 Å². The van der Waals surface area contributed by atoms with Gasteiger partial charge >= 0.3 is 6.09 Å². The number of Topliss-reactive ketones (excluding diaryl/α,β-unsaturated/α-hetero) is 1. The fourth-order valence-electron chi connectivity index (χ4n) is 4.70. The highest BCUT2D eigenvalue weighted by Crippen LogP contribution is 2.27. The van der Waals surface area contributed by atoms with Crippen LogP contribution in [0.25, 0.3) is 0 Å². The predicted octanol–water partition coefficient (Wildman–Crippen LogP) is 2.75.